The van der Waals surface area contributed by atoms with E-state index in [0.29, 0.717) is 0 Å². The second-order valence-corrected chi connectivity index (χ2v) is 5.21. The molecule has 2 N–H and O–H groups in total. The van der Waals surface area contributed by atoms with Gasteiger partial charge in [0.05, 0.1) is 6.26 Å². The van der Waals surface area contributed by atoms with Crippen molar-refractivity contribution < 1.29 is 4.42 Å². The Bertz CT molecular complexity index is 524. The Balaban J connectivity index is 1.81. The highest BCUT2D eigenvalue weighted by Crippen LogP contribution is 2.25. The van der Waals surface area contributed by atoms with Crippen molar-refractivity contribution in [3.8, 4) is 0 Å². The zero-order valence-electron chi connectivity index (χ0n) is 10.7. The molecule has 0 atom stereocenters. The summed E-state index contributed by atoms with van der Waals surface area (Å²) in [6.45, 7) is 3.42. The normalized spacial score (nSPS) is 18.0. The number of hydrogen-bond acceptors (Lipinski definition) is 3. The van der Waals surface area contributed by atoms with Crippen molar-refractivity contribution in [2.45, 2.75) is 32.2 Å². The summed E-state index contributed by atoms with van der Waals surface area (Å²) < 4.78 is 5.60. The van der Waals surface area contributed by atoms with Crippen LogP contribution in [0.3, 0.4) is 0 Å². The number of fused-ring (bicyclic) bond motifs is 1. The van der Waals surface area contributed by atoms with Crippen molar-refractivity contribution in [2.75, 3.05) is 18.8 Å². The molecule has 1 aromatic carbocycles. The molecule has 0 amide bonds. The van der Waals surface area contributed by atoms with Gasteiger partial charge in [-0.2, -0.15) is 0 Å². The standard InChI is InChI=1S/C15H20N2O/c16-13-5-6-14-12(11-18-15(14)9-13)10-17-7-3-1-2-4-8-17/h5-6,9,11H,1-4,7-8,10,16H2. The molecule has 0 bridgehead atoms. The van der Waals surface area contributed by atoms with Crippen molar-refractivity contribution in [2.24, 2.45) is 0 Å². The molecule has 0 spiro atoms. The van der Waals surface area contributed by atoms with Gasteiger partial charge in [0.1, 0.15) is 5.58 Å². The molecule has 1 fully saturated rings. The molecular formula is C15H20N2O. The quantitative estimate of drug-likeness (QED) is 0.823. The molecule has 1 aromatic heterocycles. The second kappa shape index (κ2) is 5.02. The van der Waals surface area contributed by atoms with E-state index in [1.165, 1.54) is 49.7 Å². The average Bonchev–Trinajstić information content (AvgIpc) is 2.59. The van der Waals surface area contributed by atoms with Crippen LogP contribution < -0.4 is 5.73 Å². The third kappa shape index (κ3) is 2.36. The Labute approximate surface area is 108 Å². The van der Waals surface area contributed by atoms with Crippen molar-refractivity contribution in [1.82, 2.24) is 4.90 Å². The summed E-state index contributed by atoms with van der Waals surface area (Å²) in [7, 11) is 0. The topological polar surface area (TPSA) is 42.4 Å². The smallest absolute Gasteiger partial charge is 0.136 e. The summed E-state index contributed by atoms with van der Waals surface area (Å²) >= 11 is 0. The summed E-state index contributed by atoms with van der Waals surface area (Å²) in [5.41, 5.74) is 8.72. The van der Waals surface area contributed by atoms with Crippen molar-refractivity contribution in [1.29, 1.82) is 0 Å². The summed E-state index contributed by atoms with van der Waals surface area (Å²) in [6.07, 6.45) is 7.28. The van der Waals surface area contributed by atoms with Crippen LogP contribution in [0.25, 0.3) is 11.0 Å². The predicted octanol–water partition coefficient (Wildman–Crippen LogP) is 3.39. The molecule has 0 unspecified atom stereocenters. The SMILES string of the molecule is Nc1ccc2c(CN3CCCCCC3)coc2c1. The van der Waals surface area contributed by atoms with Gasteiger partial charge in [-0.3, -0.25) is 4.90 Å². The molecule has 2 heterocycles. The van der Waals surface area contributed by atoms with Crippen LogP contribution >= 0.6 is 0 Å². The van der Waals surface area contributed by atoms with Gasteiger partial charge in [0, 0.05) is 29.2 Å². The zero-order chi connectivity index (χ0) is 12.4. The van der Waals surface area contributed by atoms with Gasteiger partial charge in [-0.05, 0) is 38.1 Å². The fourth-order valence-electron chi connectivity index (χ4n) is 2.76. The zero-order valence-corrected chi connectivity index (χ0v) is 10.7. The largest absolute Gasteiger partial charge is 0.464 e. The van der Waals surface area contributed by atoms with Gasteiger partial charge in [0.15, 0.2) is 0 Å². The number of furan rings is 1. The fourth-order valence-corrected chi connectivity index (χ4v) is 2.76. The molecule has 2 aromatic rings. The van der Waals surface area contributed by atoms with E-state index in [2.05, 4.69) is 11.0 Å². The second-order valence-electron chi connectivity index (χ2n) is 5.21. The van der Waals surface area contributed by atoms with Gasteiger partial charge in [-0.25, -0.2) is 0 Å². The molecule has 1 aliphatic rings. The number of hydrogen-bond donors (Lipinski definition) is 1. The Hall–Kier alpha value is -1.48. The van der Waals surface area contributed by atoms with Gasteiger partial charge in [-0.1, -0.05) is 12.8 Å². The number of benzene rings is 1. The Morgan fingerprint density at radius 3 is 2.67 bits per heavy atom. The van der Waals surface area contributed by atoms with Crippen molar-refractivity contribution >= 4 is 16.7 Å². The van der Waals surface area contributed by atoms with E-state index in [4.69, 9.17) is 10.2 Å². The first-order valence-corrected chi connectivity index (χ1v) is 6.81. The Kier molecular flexibility index (Phi) is 3.24. The van der Waals surface area contributed by atoms with Crippen LogP contribution in [0.15, 0.2) is 28.9 Å². The number of nitrogens with two attached hydrogens (primary N) is 1. The molecule has 18 heavy (non-hydrogen) atoms. The van der Waals surface area contributed by atoms with Crippen LogP contribution in [0.1, 0.15) is 31.2 Å². The summed E-state index contributed by atoms with van der Waals surface area (Å²) in [5.74, 6) is 0. The van der Waals surface area contributed by atoms with Gasteiger partial charge >= 0.3 is 0 Å². The number of nitrogens with zero attached hydrogens (tertiary/aromatic N) is 1. The van der Waals surface area contributed by atoms with Gasteiger partial charge in [0.25, 0.3) is 0 Å². The summed E-state index contributed by atoms with van der Waals surface area (Å²) in [5, 5.41) is 1.20. The first kappa shape index (κ1) is 11.6. The number of rotatable bonds is 2. The molecule has 0 saturated carbocycles. The molecule has 3 heteroatoms. The molecule has 1 saturated heterocycles. The van der Waals surface area contributed by atoms with Crippen LogP contribution in [0.2, 0.25) is 0 Å². The highest BCUT2D eigenvalue weighted by atomic mass is 16.3. The molecule has 0 aliphatic carbocycles. The predicted molar refractivity (Wildman–Crippen MR) is 74.4 cm³/mol. The first-order valence-electron chi connectivity index (χ1n) is 6.81. The van der Waals surface area contributed by atoms with Gasteiger partial charge < -0.3 is 10.2 Å². The van der Waals surface area contributed by atoms with Crippen LogP contribution in [0, 0.1) is 0 Å². The minimum absolute atomic E-state index is 0.762. The van der Waals surface area contributed by atoms with Crippen LogP contribution in [-0.2, 0) is 6.54 Å². The molecule has 3 rings (SSSR count). The van der Waals surface area contributed by atoms with E-state index in [0.717, 1.165) is 17.8 Å². The molecular weight excluding hydrogens is 224 g/mol. The number of nitrogen functional groups attached to an aromatic ring is 1. The first-order chi connectivity index (χ1) is 8.83. The minimum Gasteiger partial charge on any atom is -0.464 e. The molecule has 96 valence electrons. The molecule has 0 radical (unpaired) electrons. The van der Waals surface area contributed by atoms with E-state index in [9.17, 15) is 0 Å². The molecule has 1 aliphatic heterocycles. The van der Waals surface area contributed by atoms with Gasteiger partial charge in [0.2, 0.25) is 0 Å². The fraction of sp³-hybridized carbons (Fsp3) is 0.467. The lowest BCUT2D eigenvalue weighted by Crippen LogP contribution is -2.23. The maximum atomic E-state index is 5.77. The number of likely N-dealkylation sites (tertiary alicyclic amines) is 1. The van der Waals surface area contributed by atoms with Crippen LogP contribution in [0.4, 0.5) is 5.69 Å². The molecule has 3 nitrogen and oxygen atoms in total. The van der Waals surface area contributed by atoms with E-state index in [1.807, 2.05) is 18.4 Å². The highest BCUT2D eigenvalue weighted by molar-refractivity contribution is 5.83. The van der Waals surface area contributed by atoms with E-state index in [1.54, 1.807) is 0 Å². The average molecular weight is 244 g/mol. The van der Waals surface area contributed by atoms with E-state index >= 15 is 0 Å². The lowest BCUT2D eigenvalue weighted by Gasteiger charge is -2.18. The third-order valence-electron chi connectivity index (χ3n) is 3.77. The van der Waals surface area contributed by atoms with Crippen molar-refractivity contribution in [3.05, 3.63) is 30.0 Å². The lowest BCUT2D eigenvalue weighted by molar-refractivity contribution is 0.277. The van der Waals surface area contributed by atoms with Crippen LogP contribution in [-0.4, -0.2) is 18.0 Å². The van der Waals surface area contributed by atoms with E-state index < -0.39 is 0 Å². The maximum Gasteiger partial charge on any atom is 0.136 e. The van der Waals surface area contributed by atoms with E-state index in [-0.39, 0.29) is 0 Å². The highest BCUT2D eigenvalue weighted by Gasteiger charge is 2.13. The summed E-state index contributed by atoms with van der Waals surface area (Å²) in [4.78, 5) is 2.54. The third-order valence-corrected chi connectivity index (χ3v) is 3.77. The summed E-state index contributed by atoms with van der Waals surface area (Å²) in [6, 6.07) is 5.92. The number of anilines is 1. The van der Waals surface area contributed by atoms with Gasteiger partial charge in [-0.15, -0.1) is 0 Å². The Morgan fingerprint density at radius 2 is 1.89 bits per heavy atom. The monoisotopic (exact) mass is 244 g/mol. The van der Waals surface area contributed by atoms with Crippen LogP contribution in [0.5, 0.6) is 0 Å². The lowest BCUT2D eigenvalue weighted by atomic mass is 10.1. The minimum atomic E-state index is 0.762. The Morgan fingerprint density at radius 1 is 1.11 bits per heavy atom. The van der Waals surface area contributed by atoms with Crippen molar-refractivity contribution in [3.63, 3.8) is 0 Å². The maximum absolute atomic E-state index is 5.77.